The van der Waals surface area contributed by atoms with E-state index in [0.717, 1.165) is 12.1 Å². The lowest BCUT2D eigenvalue weighted by molar-refractivity contribution is 0.326. The van der Waals surface area contributed by atoms with Gasteiger partial charge in [-0.15, -0.1) is 0 Å². The third-order valence-corrected chi connectivity index (χ3v) is 3.85. The van der Waals surface area contributed by atoms with Gasteiger partial charge in [0.25, 0.3) is 0 Å². The summed E-state index contributed by atoms with van der Waals surface area (Å²) in [6.45, 7) is 7.04. The topological polar surface area (TPSA) is 21.1 Å². The summed E-state index contributed by atoms with van der Waals surface area (Å²) in [5, 5.41) is 0. The zero-order chi connectivity index (χ0) is 12.4. The Morgan fingerprint density at radius 2 is 2.00 bits per heavy atom. The molecule has 3 nitrogen and oxygen atoms in total. The number of aryl methyl sites for hydroxylation is 2. The molecule has 1 aromatic carbocycles. The van der Waals surface area contributed by atoms with Crippen molar-refractivity contribution in [3.63, 3.8) is 0 Å². The summed E-state index contributed by atoms with van der Waals surface area (Å²) in [6.07, 6.45) is 5.97. The summed E-state index contributed by atoms with van der Waals surface area (Å²) < 4.78 is 2.29. The minimum atomic E-state index is 1.08. The first-order valence-electron chi connectivity index (χ1n) is 6.97. The molecule has 2 heterocycles. The van der Waals surface area contributed by atoms with Crippen LogP contribution in [0.25, 0.3) is 11.0 Å². The Labute approximate surface area is 108 Å². The fourth-order valence-electron chi connectivity index (χ4n) is 2.82. The molecule has 0 spiro atoms. The van der Waals surface area contributed by atoms with Crippen LogP contribution in [0.1, 0.15) is 24.8 Å². The predicted octanol–water partition coefficient (Wildman–Crippen LogP) is 2.83. The van der Waals surface area contributed by atoms with Crippen molar-refractivity contribution in [2.75, 3.05) is 19.6 Å². The van der Waals surface area contributed by atoms with Gasteiger partial charge >= 0.3 is 0 Å². The smallest absolute Gasteiger partial charge is 0.0958 e. The largest absolute Gasteiger partial charge is 0.331 e. The van der Waals surface area contributed by atoms with E-state index in [1.165, 1.54) is 50.0 Å². The van der Waals surface area contributed by atoms with Crippen molar-refractivity contribution in [3.8, 4) is 0 Å². The van der Waals surface area contributed by atoms with Crippen LogP contribution in [-0.4, -0.2) is 34.1 Å². The van der Waals surface area contributed by atoms with Crippen LogP contribution in [0.5, 0.6) is 0 Å². The molecule has 2 aromatic rings. The van der Waals surface area contributed by atoms with E-state index in [1.807, 2.05) is 6.33 Å². The second-order valence-electron chi connectivity index (χ2n) is 5.33. The van der Waals surface area contributed by atoms with Gasteiger partial charge in [0.15, 0.2) is 0 Å². The van der Waals surface area contributed by atoms with E-state index in [9.17, 15) is 0 Å². The fourth-order valence-corrected chi connectivity index (χ4v) is 2.82. The van der Waals surface area contributed by atoms with Crippen molar-refractivity contribution in [1.82, 2.24) is 14.5 Å². The van der Waals surface area contributed by atoms with Gasteiger partial charge in [0.2, 0.25) is 0 Å². The monoisotopic (exact) mass is 243 g/mol. The summed E-state index contributed by atoms with van der Waals surface area (Å²) in [7, 11) is 0. The highest BCUT2D eigenvalue weighted by molar-refractivity contribution is 5.75. The van der Waals surface area contributed by atoms with E-state index in [1.54, 1.807) is 0 Å². The Morgan fingerprint density at radius 1 is 1.17 bits per heavy atom. The first-order chi connectivity index (χ1) is 8.83. The lowest BCUT2D eigenvalue weighted by Gasteiger charge is -2.14. The molecule has 1 aliphatic rings. The van der Waals surface area contributed by atoms with E-state index in [0.29, 0.717) is 0 Å². The Hall–Kier alpha value is -1.35. The first-order valence-corrected chi connectivity index (χ1v) is 6.97. The molecular formula is C15H21N3. The highest BCUT2D eigenvalue weighted by atomic mass is 15.1. The maximum Gasteiger partial charge on any atom is 0.0958 e. The van der Waals surface area contributed by atoms with Gasteiger partial charge in [-0.25, -0.2) is 4.98 Å². The normalized spacial score (nSPS) is 16.7. The number of nitrogens with zero attached hydrogens (tertiary/aromatic N) is 3. The van der Waals surface area contributed by atoms with E-state index in [2.05, 4.69) is 39.6 Å². The summed E-state index contributed by atoms with van der Waals surface area (Å²) in [6, 6.07) is 6.48. The summed E-state index contributed by atoms with van der Waals surface area (Å²) in [5.41, 5.74) is 3.70. The van der Waals surface area contributed by atoms with E-state index in [4.69, 9.17) is 0 Å². The molecule has 0 saturated carbocycles. The van der Waals surface area contributed by atoms with E-state index < -0.39 is 0 Å². The Kier molecular flexibility index (Phi) is 3.33. The maximum atomic E-state index is 4.46. The van der Waals surface area contributed by atoms with E-state index >= 15 is 0 Å². The number of aromatic nitrogens is 2. The summed E-state index contributed by atoms with van der Waals surface area (Å²) >= 11 is 0. The van der Waals surface area contributed by atoms with Gasteiger partial charge in [0.05, 0.1) is 17.4 Å². The number of imidazole rings is 1. The molecule has 0 unspecified atom stereocenters. The van der Waals surface area contributed by atoms with Gasteiger partial charge in [0.1, 0.15) is 0 Å². The van der Waals surface area contributed by atoms with Crippen LogP contribution in [-0.2, 0) is 6.54 Å². The van der Waals surface area contributed by atoms with Gasteiger partial charge in [-0.3, -0.25) is 0 Å². The molecule has 1 saturated heterocycles. The molecular weight excluding hydrogens is 222 g/mol. The Bertz CT molecular complexity index is 524. The maximum absolute atomic E-state index is 4.46. The molecule has 0 amide bonds. The van der Waals surface area contributed by atoms with Crippen LogP contribution in [0.15, 0.2) is 24.5 Å². The SMILES string of the molecule is Cc1ccc2ncn(CCCN3CCCC3)c2c1. The summed E-state index contributed by atoms with van der Waals surface area (Å²) in [4.78, 5) is 7.03. The first kappa shape index (κ1) is 11.7. The van der Waals surface area contributed by atoms with Gasteiger partial charge in [-0.1, -0.05) is 6.07 Å². The molecule has 1 aromatic heterocycles. The highest BCUT2D eigenvalue weighted by Gasteiger charge is 2.10. The molecule has 0 N–H and O–H groups in total. The number of fused-ring (bicyclic) bond motifs is 1. The van der Waals surface area contributed by atoms with Crippen LogP contribution >= 0.6 is 0 Å². The van der Waals surface area contributed by atoms with Crippen LogP contribution in [0.4, 0.5) is 0 Å². The predicted molar refractivity (Wildman–Crippen MR) is 74.8 cm³/mol. The number of likely N-dealkylation sites (tertiary alicyclic amines) is 1. The molecule has 1 aliphatic heterocycles. The van der Waals surface area contributed by atoms with Crippen LogP contribution in [0.2, 0.25) is 0 Å². The Morgan fingerprint density at radius 3 is 2.83 bits per heavy atom. The van der Waals surface area contributed by atoms with Crippen molar-refractivity contribution in [3.05, 3.63) is 30.1 Å². The zero-order valence-electron chi connectivity index (χ0n) is 11.1. The van der Waals surface area contributed by atoms with Crippen LogP contribution in [0, 0.1) is 6.92 Å². The lowest BCUT2D eigenvalue weighted by atomic mass is 10.2. The molecule has 0 aliphatic carbocycles. The average Bonchev–Trinajstić information content (AvgIpc) is 2.99. The molecule has 0 bridgehead atoms. The molecule has 1 fully saturated rings. The van der Waals surface area contributed by atoms with Gasteiger partial charge in [-0.2, -0.15) is 0 Å². The molecule has 3 rings (SSSR count). The van der Waals surface area contributed by atoms with Gasteiger partial charge in [-0.05, 0) is 63.5 Å². The number of benzene rings is 1. The fraction of sp³-hybridized carbons (Fsp3) is 0.533. The Balaban J connectivity index is 1.65. The van der Waals surface area contributed by atoms with E-state index in [-0.39, 0.29) is 0 Å². The number of hydrogen-bond donors (Lipinski definition) is 0. The third-order valence-electron chi connectivity index (χ3n) is 3.85. The van der Waals surface area contributed by atoms with Crippen LogP contribution < -0.4 is 0 Å². The minimum absolute atomic E-state index is 1.08. The standard InChI is InChI=1S/C15H21N3/c1-13-5-6-14-15(11-13)18(12-16-14)10-4-9-17-7-2-3-8-17/h5-6,11-12H,2-4,7-10H2,1H3. The second kappa shape index (κ2) is 5.11. The second-order valence-corrected chi connectivity index (χ2v) is 5.33. The minimum Gasteiger partial charge on any atom is -0.331 e. The van der Waals surface area contributed by atoms with Gasteiger partial charge < -0.3 is 9.47 Å². The van der Waals surface area contributed by atoms with Gasteiger partial charge in [0, 0.05) is 6.54 Å². The van der Waals surface area contributed by atoms with Crippen LogP contribution in [0.3, 0.4) is 0 Å². The highest BCUT2D eigenvalue weighted by Crippen LogP contribution is 2.15. The van der Waals surface area contributed by atoms with Crippen molar-refractivity contribution in [2.24, 2.45) is 0 Å². The van der Waals surface area contributed by atoms with Crippen molar-refractivity contribution in [1.29, 1.82) is 0 Å². The lowest BCUT2D eigenvalue weighted by Crippen LogP contribution is -2.21. The average molecular weight is 243 g/mol. The van der Waals surface area contributed by atoms with Crippen molar-refractivity contribution >= 4 is 11.0 Å². The van der Waals surface area contributed by atoms with Crippen molar-refractivity contribution in [2.45, 2.75) is 32.7 Å². The zero-order valence-corrected chi connectivity index (χ0v) is 11.1. The molecule has 18 heavy (non-hydrogen) atoms. The molecule has 3 heteroatoms. The molecule has 0 radical (unpaired) electrons. The molecule has 0 atom stereocenters. The molecule has 96 valence electrons. The third kappa shape index (κ3) is 2.41. The quantitative estimate of drug-likeness (QED) is 0.823. The van der Waals surface area contributed by atoms with Crippen molar-refractivity contribution < 1.29 is 0 Å². The summed E-state index contributed by atoms with van der Waals surface area (Å²) in [5.74, 6) is 0. The number of hydrogen-bond acceptors (Lipinski definition) is 2. The number of rotatable bonds is 4.